The third-order valence-corrected chi connectivity index (χ3v) is 5.94. The average molecular weight is 532 g/mol. The molecule has 0 saturated heterocycles. The summed E-state index contributed by atoms with van der Waals surface area (Å²) >= 11 is 0. The van der Waals surface area contributed by atoms with Gasteiger partial charge in [0.2, 0.25) is 5.82 Å². The minimum Gasteiger partial charge on any atom is -0.482 e. The Balaban J connectivity index is 1.37. The molecule has 4 aromatic rings. The number of ether oxygens (including phenoxy) is 1. The monoisotopic (exact) mass is 531 g/mol. The second kappa shape index (κ2) is 9.75. The third-order valence-electron chi connectivity index (χ3n) is 5.94. The fraction of sp³-hybridized carbons (Fsp3) is 0.444. The minimum atomic E-state index is -0.362. The topological polar surface area (TPSA) is 132 Å². The van der Waals surface area contributed by atoms with E-state index in [2.05, 4.69) is 72.4 Å². The van der Waals surface area contributed by atoms with Gasteiger partial charge in [-0.25, -0.2) is 9.50 Å². The fourth-order valence-corrected chi connectivity index (χ4v) is 4.30. The summed E-state index contributed by atoms with van der Waals surface area (Å²) in [6.45, 7) is 13.9. The molecule has 0 atom stereocenters. The quantitative estimate of drug-likeness (QED) is 0.401. The van der Waals surface area contributed by atoms with E-state index >= 15 is 0 Å². The van der Waals surface area contributed by atoms with Crippen LogP contribution >= 0.6 is 0 Å². The zero-order valence-electron chi connectivity index (χ0n) is 23.1. The van der Waals surface area contributed by atoms with Crippen molar-refractivity contribution >= 4 is 23.1 Å². The molecule has 2 amide bonds. The predicted molar refractivity (Wildman–Crippen MR) is 144 cm³/mol. The number of amides is 2. The van der Waals surface area contributed by atoms with Gasteiger partial charge in [0.15, 0.2) is 12.3 Å². The molecule has 1 aliphatic rings. The van der Waals surface area contributed by atoms with Crippen LogP contribution in [0.4, 0.5) is 5.69 Å². The van der Waals surface area contributed by atoms with Crippen LogP contribution in [0.5, 0.6) is 5.75 Å². The van der Waals surface area contributed by atoms with Crippen LogP contribution in [0.2, 0.25) is 0 Å². The van der Waals surface area contributed by atoms with Crippen molar-refractivity contribution in [3.05, 3.63) is 47.8 Å². The van der Waals surface area contributed by atoms with Crippen molar-refractivity contribution in [2.45, 2.75) is 54.6 Å². The number of hydrogen-bond donors (Lipinski definition) is 1. The highest BCUT2D eigenvalue weighted by Crippen LogP contribution is 2.35. The lowest BCUT2D eigenvalue weighted by Gasteiger charge is -2.34. The number of benzene rings is 1. The van der Waals surface area contributed by atoms with E-state index in [1.807, 2.05) is 18.2 Å². The lowest BCUT2D eigenvalue weighted by molar-refractivity contribution is -0.121. The summed E-state index contributed by atoms with van der Waals surface area (Å²) in [6.07, 6.45) is 1.60. The van der Waals surface area contributed by atoms with Gasteiger partial charge in [-0.1, -0.05) is 47.6 Å². The highest BCUT2D eigenvalue weighted by Gasteiger charge is 2.29. The molecule has 12 nitrogen and oxygen atoms in total. The summed E-state index contributed by atoms with van der Waals surface area (Å²) in [7, 11) is 0. The van der Waals surface area contributed by atoms with Crippen molar-refractivity contribution < 1.29 is 14.3 Å². The van der Waals surface area contributed by atoms with E-state index < -0.39 is 0 Å². The Morgan fingerprint density at radius 3 is 2.56 bits per heavy atom. The summed E-state index contributed by atoms with van der Waals surface area (Å²) in [5.74, 6) is 0.553. The smallest absolute Gasteiger partial charge is 0.270 e. The molecule has 0 spiro atoms. The van der Waals surface area contributed by atoms with Gasteiger partial charge < -0.3 is 15.0 Å². The lowest BCUT2D eigenvalue weighted by atomic mass is 9.95. The molecule has 1 aliphatic heterocycles. The zero-order valence-corrected chi connectivity index (χ0v) is 23.1. The van der Waals surface area contributed by atoms with E-state index in [-0.39, 0.29) is 41.5 Å². The van der Waals surface area contributed by atoms with Crippen molar-refractivity contribution in [3.63, 3.8) is 0 Å². The van der Waals surface area contributed by atoms with E-state index in [9.17, 15) is 9.59 Å². The van der Waals surface area contributed by atoms with Crippen molar-refractivity contribution in [2.75, 3.05) is 18.1 Å². The molecule has 0 radical (unpaired) electrons. The SMILES string of the molecule is CC(C)(C)CN1C(=O)COc2ccc(CNC(=O)c3cc(-c4nnn(CC(C)(C)C)n4)n4nccc4n3)cc21. The summed E-state index contributed by atoms with van der Waals surface area (Å²) in [4.78, 5) is 33.6. The number of nitrogens with one attached hydrogen (secondary N) is 1. The molecule has 0 saturated carbocycles. The number of fused-ring (bicyclic) bond motifs is 2. The number of nitrogens with zero attached hydrogens (tertiary/aromatic N) is 8. The molecule has 0 fully saturated rings. The van der Waals surface area contributed by atoms with Crippen LogP contribution in [0.25, 0.3) is 17.2 Å². The Labute approximate surface area is 226 Å². The molecule has 0 unspecified atom stereocenters. The van der Waals surface area contributed by atoms with Gasteiger partial charge in [-0.2, -0.15) is 9.90 Å². The number of hydrogen-bond acceptors (Lipinski definition) is 8. The van der Waals surface area contributed by atoms with Crippen molar-refractivity contribution in [2.24, 2.45) is 10.8 Å². The van der Waals surface area contributed by atoms with E-state index in [0.717, 1.165) is 5.56 Å². The molecular formula is C27H33N9O3. The first kappa shape index (κ1) is 26.3. The summed E-state index contributed by atoms with van der Waals surface area (Å²) in [5, 5.41) is 20.1. The third kappa shape index (κ3) is 5.89. The maximum atomic E-state index is 13.2. The van der Waals surface area contributed by atoms with Crippen LogP contribution in [0, 0.1) is 10.8 Å². The Morgan fingerprint density at radius 2 is 1.82 bits per heavy atom. The second-order valence-electron chi connectivity index (χ2n) is 12.1. The van der Waals surface area contributed by atoms with Gasteiger partial charge >= 0.3 is 0 Å². The normalized spacial score (nSPS) is 13.9. The van der Waals surface area contributed by atoms with Gasteiger partial charge in [-0.05, 0) is 39.8 Å². The number of rotatable bonds is 6. The second-order valence-corrected chi connectivity index (χ2v) is 12.1. The standard InChI is InChI=1S/C27H33N9O3/c1-26(2,3)15-34-19-11-17(7-8-21(19)39-14-23(34)37)13-28-25(38)18-12-20(36-22(30-18)9-10-29-36)24-31-33-35(32-24)16-27(4,5)6/h7-12H,13-16H2,1-6H3,(H,28,38). The first-order chi connectivity index (χ1) is 18.4. The molecule has 1 N–H and O–H groups in total. The first-order valence-corrected chi connectivity index (χ1v) is 12.8. The van der Waals surface area contributed by atoms with E-state index in [4.69, 9.17) is 4.74 Å². The van der Waals surface area contributed by atoms with Crippen molar-refractivity contribution in [3.8, 4) is 17.3 Å². The number of anilines is 1. The van der Waals surface area contributed by atoms with Gasteiger partial charge in [-0.3, -0.25) is 9.59 Å². The number of carbonyl (C=O) groups excluding carboxylic acids is 2. The molecule has 0 bridgehead atoms. The van der Waals surface area contributed by atoms with Crippen LogP contribution < -0.4 is 15.0 Å². The average Bonchev–Trinajstić information content (AvgIpc) is 3.51. The van der Waals surface area contributed by atoms with Crippen LogP contribution in [-0.2, 0) is 17.9 Å². The molecule has 12 heteroatoms. The zero-order chi connectivity index (χ0) is 27.9. The summed E-state index contributed by atoms with van der Waals surface area (Å²) in [6, 6.07) is 8.91. The van der Waals surface area contributed by atoms with Crippen LogP contribution in [0.15, 0.2) is 36.5 Å². The summed E-state index contributed by atoms with van der Waals surface area (Å²) in [5.41, 5.74) is 2.63. The highest BCUT2D eigenvalue weighted by molar-refractivity contribution is 5.98. The Bertz CT molecular complexity index is 1540. The van der Waals surface area contributed by atoms with Gasteiger partial charge in [0, 0.05) is 19.2 Å². The highest BCUT2D eigenvalue weighted by atomic mass is 16.5. The number of carbonyl (C=O) groups is 2. The Morgan fingerprint density at radius 1 is 1.05 bits per heavy atom. The maximum absolute atomic E-state index is 13.2. The van der Waals surface area contributed by atoms with E-state index in [1.54, 1.807) is 32.5 Å². The van der Waals surface area contributed by atoms with Gasteiger partial charge in [-0.15, -0.1) is 10.2 Å². The molecule has 4 heterocycles. The van der Waals surface area contributed by atoms with Gasteiger partial charge in [0.05, 0.1) is 18.4 Å². The largest absolute Gasteiger partial charge is 0.482 e. The summed E-state index contributed by atoms with van der Waals surface area (Å²) < 4.78 is 7.21. The fourth-order valence-electron chi connectivity index (χ4n) is 4.30. The Kier molecular flexibility index (Phi) is 6.57. The number of tetrazole rings is 1. The van der Waals surface area contributed by atoms with Crippen molar-refractivity contribution in [1.29, 1.82) is 0 Å². The van der Waals surface area contributed by atoms with Crippen molar-refractivity contribution in [1.82, 2.24) is 40.1 Å². The molecular weight excluding hydrogens is 498 g/mol. The van der Waals surface area contributed by atoms with Gasteiger partial charge in [0.25, 0.3) is 11.8 Å². The molecule has 39 heavy (non-hydrogen) atoms. The van der Waals surface area contributed by atoms with Crippen LogP contribution in [0.1, 0.15) is 57.6 Å². The van der Waals surface area contributed by atoms with Crippen LogP contribution in [0.3, 0.4) is 0 Å². The van der Waals surface area contributed by atoms with Gasteiger partial charge in [0.1, 0.15) is 17.1 Å². The van der Waals surface area contributed by atoms with E-state index in [1.165, 1.54) is 0 Å². The van der Waals surface area contributed by atoms with Crippen LogP contribution in [-0.4, -0.2) is 59.8 Å². The van der Waals surface area contributed by atoms with E-state index in [0.29, 0.717) is 41.7 Å². The maximum Gasteiger partial charge on any atom is 0.270 e. The number of aromatic nitrogens is 7. The predicted octanol–water partition coefficient (Wildman–Crippen LogP) is 3.13. The first-order valence-electron chi connectivity index (χ1n) is 12.8. The molecule has 0 aliphatic carbocycles. The lowest BCUT2D eigenvalue weighted by Crippen LogP contribution is -2.43. The molecule has 204 valence electrons. The molecule has 3 aromatic heterocycles. The Hall–Kier alpha value is -4.35. The molecule has 1 aromatic carbocycles. The molecule has 5 rings (SSSR count). The minimum absolute atomic E-state index is 0.0169.